The number of aldehydes is 1. The van der Waals surface area contributed by atoms with E-state index in [1.54, 1.807) is 121 Å². The van der Waals surface area contributed by atoms with Crippen molar-refractivity contribution in [2.45, 2.75) is 243 Å². The zero-order valence-corrected chi connectivity index (χ0v) is 89.6. The van der Waals surface area contributed by atoms with Crippen molar-refractivity contribution >= 4 is 238 Å². The number of hydrogen-bond acceptors (Lipinski definition) is 23. The van der Waals surface area contributed by atoms with Gasteiger partial charge in [-0.15, -0.1) is 12.3 Å². The Bertz CT molecular complexity index is 5090. The number of carbonyl (C=O) groups is 3. The summed E-state index contributed by atoms with van der Waals surface area (Å²) in [5.74, 6) is 9.36. The first kappa shape index (κ1) is 138. The molecule has 0 fully saturated rings. The minimum atomic E-state index is -1.66. The van der Waals surface area contributed by atoms with Crippen LogP contribution in [0.3, 0.4) is 0 Å². The van der Waals surface area contributed by atoms with Crippen molar-refractivity contribution in [1.29, 1.82) is 0 Å². The summed E-state index contributed by atoms with van der Waals surface area (Å²) in [5.41, 5.74) is 24.8. The number of aromatic nitrogens is 10. The highest BCUT2D eigenvalue weighted by Gasteiger charge is 2.37. The maximum Gasteiger partial charge on any atom is 0.412 e. The Labute approximate surface area is 875 Å². The molecule has 0 unspecified atom stereocenters. The van der Waals surface area contributed by atoms with Crippen molar-refractivity contribution in [3.8, 4) is 24.2 Å². The molecule has 0 atom stereocenters. The number of carbonyl (C=O) groups excluding carboxylic acids is 3. The Morgan fingerprint density at radius 1 is 0.470 bits per heavy atom. The van der Waals surface area contributed by atoms with Gasteiger partial charge in [0.2, 0.25) is 0 Å². The third kappa shape index (κ3) is 57.9. The predicted molar refractivity (Wildman–Crippen MR) is 598 cm³/mol. The second-order valence-corrected chi connectivity index (χ2v) is 46.1. The van der Waals surface area contributed by atoms with Gasteiger partial charge >= 0.3 is 12.2 Å². The summed E-state index contributed by atoms with van der Waals surface area (Å²) in [6.45, 7) is 49.5. The number of nitrogen functional groups attached to an aromatic ring is 3. The lowest BCUT2D eigenvalue weighted by Gasteiger charge is -2.35. The molecule has 2 amide bonds. The van der Waals surface area contributed by atoms with Gasteiger partial charge in [0.05, 0.1) is 133 Å². The van der Waals surface area contributed by atoms with E-state index in [4.69, 9.17) is 129 Å². The number of nitrogens with one attached hydrogen (secondary N) is 4. The first-order valence-electron chi connectivity index (χ1n) is 39.8. The highest BCUT2D eigenvalue weighted by Crippen LogP contribution is 2.37. The third-order valence-electron chi connectivity index (χ3n) is 16.0. The fraction of sp³-hybridized carbons (Fsp3) is 0.469. The summed E-state index contributed by atoms with van der Waals surface area (Å²) in [6.07, 6.45) is 17.7. The topological polar surface area (TPSA) is 399 Å². The van der Waals surface area contributed by atoms with Gasteiger partial charge in [-0.25, -0.2) is 49.5 Å². The smallest absolute Gasteiger partial charge is 0.412 e. The van der Waals surface area contributed by atoms with Gasteiger partial charge in [-0.3, -0.25) is 10.6 Å². The van der Waals surface area contributed by atoms with E-state index in [1.165, 1.54) is 30.0 Å². The molecule has 10 aromatic heterocycles. The number of anilines is 7. The molecule has 10 heterocycles. The summed E-state index contributed by atoms with van der Waals surface area (Å²) < 4.78 is 22.7. The molecule has 10 aromatic rings. The SMILES string of the molecule is C.C.C.C.C.C.C#CC(C)(C)C.CC(C)(C)C#Cc1cc(Cl)ncc1NCCO.CC(C)(C)OC(=O)Nc1ccc(Cl)nc1.CC(C)(C)OC(=O)Nc1cnc(Cl)cc1I.CC(C)(C)[Si](C)(C)OCC=O.CC(C)(C)c1cc2cc(Cl)ncc2n1CCO.CC(C)(C)c1cc2cc(N)ncc2n1CCO.Nc1ccc(Cl)nc1.Nc1cnc(Cl)cc1I.OCCNc1cnc(Cl)cc1I. The van der Waals surface area contributed by atoms with Crippen molar-refractivity contribution < 1.29 is 48.7 Å². The molecule has 0 saturated heterocycles. The number of aliphatic hydroxyl groups excluding tert-OH is 4. The van der Waals surface area contributed by atoms with Crippen molar-refractivity contribution in [2.75, 3.05) is 84.6 Å². The molecule has 0 aliphatic carbocycles. The lowest BCUT2D eigenvalue weighted by Crippen LogP contribution is -2.41. The molecule has 38 heteroatoms. The van der Waals surface area contributed by atoms with E-state index in [-0.39, 0.29) is 104 Å². The Morgan fingerprint density at radius 2 is 0.851 bits per heavy atom. The van der Waals surface area contributed by atoms with Crippen LogP contribution in [-0.2, 0) is 42.6 Å². The average Bonchev–Trinajstić information content (AvgIpc) is 1.63. The Kier molecular flexibility index (Phi) is 67.4. The fourth-order valence-electron chi connectivity index (χ4n) is 9.13. The molecule has 750 valence electrons. The lowest BCUT2D eigenvalue weighted by molar-refractivity contribution is -0.109. The summed E-state index contributed by atoms with van der Waals surface area (Å²) in [5, 5.41) is 52.4. The highest BCUT2D eigenvalue weighted by molar-refractivity contribution is 14.1. The predicted octanol–water partition coefficient (Wildman–Crippen LogP) is 26.9. The second-order valence-electron chi connectivity index (χ2n) is 35.1. The first-order valence-corrected chi connectivity index (χ1v) is 48.5. The number of halogens is 10. The number of amides is 2. The van der Waals surface area contributed by atoms with Crippen LogP contribution in [0.15, 0.2) is 122 Å². The minimum Gasteiger partial charge on any atom is -0.444 e. The van der Waals surface area contributed by atoms with Crippen molar-refractivity contribution in [2.24, 2.45) is 10.8 Å². The zero-order chi connectivity index (χ0) is 98.1. The quantitative estimate of drug-likeness (QED) is 0.0149. The number of nitrogens with two attached hydrogens (primary N) is 3. The van der Waals surface area contributed by atoms with Gasteiger partial charge in [-0.1, -0.05) is 200 Å². The number of aliphatic hydroxyl groups is 4. The number of fused-ring (bicyclic) bond motifs is 2. The van der Waals surface area contributed by atoms with Crippen LogP contribution >= 0.6 is 149 Å². The van der Waals surface area contributed by atoms with Crippen molar-refractivity contribution in [3.05, 3.63) is 186 Å². The Hall–Kier alpha value is -7.15. The average molecular weight is 2360 g/mol. The van der Waals surface area contributed by atoms with Crippen LogP contribution in [0.4, 0.5) is 49.5 Å². The molecule has 134 heavy (non-hydrogen) atoms. The normalized spacial score (nSPS) is 10.6. The molecule has 27 nitrogen and oxygen atoms in total. The number of terminal acetylenes is 1. The van der Waals surface area contributed by atoms with Gasteiger partial charge in [-0.05, 0) is 242 Å². The van der Waals surface area contributed by atoms with Gasteiger partial charge in [0.1, 0.15) is 59.4 Å². The van der Waals surface area contributed by atoms with Crippen LogP contribution < -0.4 is 38.5 Å². The molecule has 0 radical (unpaired) electrons. The fourth-order valence-corrected chi connectivity index (χ4v) is 13.3. The van der Waals surface area contributed by atoms with Crippen LogP contribution in [0.1, 0.15) is 207 Å². The number of ether oxygens (including phenoxy) is 2. The second kappa shape index (κ2) is 65.7. The van der Waals surface area contributed by atoms with Crippen molar-refractivity contribution in [1.82, 2.24) is 49.0 Å². The molecular weight excluding hydrogens is 2210 g/mol. The lowest BCUT2D eigenvalue weighted by atomic mass is 9.92. The molecule has 0 aliphatic rings. The van der Waals surface area contributed by atoms with Gasteiger partial charge in [0.25, 0.3) is 0 Å². The monoisotopic (exact) mass is 2350 g/mol. The van der Waals surface area contributed by atoms with E-state index < -0.39 is 31.7 Å². The number of pyridine rings is 8. The van der Waals surface area contributed by atoms with E-state index in [1.807, 2.05) is 53.7 Å². The van der Waals surface area contributed by atoms with Crippen LogP contribution in [0.5, 0.6) is 0 Å². The Balaban J connectivity index is -0.000000342. The van der Waals surface area contributed by atoms with Gasteiger partial charge in [0.15, 0.2) is 8.32 Å². The molecule has 0 aliphatic heterocycles. The van der Waals surface area contributed by atoms with Crippen LogP contribution in [0.25, 0.3) is 21.8 Å². The molecule has 14 N–H and O–H groups in total. The molecular formula is C96H147Cl7I3N17O10Si. The highest BCUT2D eigenvalue weighted by atomic mass is 127. The van der Waals surface area contributed by atoms with Gasteiger partial charge < -0.3 is 76.1 Å². The first-order chi connectivity index (χ1) is 59.0. The van der Waals surface area contributed by atoms with Crippen LogP contribution in [-0.4, -0.2) is 154 Å². The summed E-state index contributed by atoms with van der Waals surface area (Å²) in [6, 6.07) is 21.5. The summed E-state index contributed by atoms with van der Waals surface area (Å²) in [4.78, 5) is 64.2. The molecule has 0 aromatic carbocycles. The number of rotatable bonds is 15. The minimum absolute atomic E-state index is 0. The maximum absolute atomic E-state index is 11.5. The van der Waals surface area contributed by atoms with Crippen molar-refractivity contribution in [3.63, 3.8) is 0 Å². The van der Waals surface area contributed by atoms with Crippen LogP contribution in [0, 0.1) is 45.7 Å². The van der Waals surface area contributed by atoms with Crippen LogP contribution in [0.2, 0.25) is 54.2 Å². The summed E-state index contributed by atoms with van der Waals surface area (Å²) in [7, 11) is -1.66. The van der Waals surface area contributed by atoms with E-state index in [0.717, 1.165) is 55.7 Å². The number of hydrogen-bond donors (Lipinski definition) is 11. The van der Waals surface area contributed by atoms with E-state index >= 15 is 0 Å². The largest absolute Gasteiger partial charge is 0.444 e. The molecule has 0 spiro atoms. The molecule has 0 bridgehead atoms. The Morgan fingerprint density at radius 3 is 1.22 bits per heavy atom. The molecule has 10 rings (SSSR count). The zero-order valence-electron chi connectivity index (χ0n) is 76.8. The standard InChI is InChI=1S/2C13H17ClN2O.C13H19N3O.C10H12ClIN2O2.C10H13ClN2O2.C8H18O2Si.C7H8ClIN2O.C6H10.C5H4ClIN2.C5H5ClN2.6CH4/c1-13(2,3)11-6-9-7-12(14)15-8-10(9)16(11)4-5-17;1-13(2,3)5-4-10-8-12(14)16-9-11(10)15-6-7-17;1-13(2,3)11-6-9-7-12(14)15-8-10(9)16(11)4-5-17;1-10(2,3)16-9(15)14-7-5-13-8(11)4-6(7)12;1-10(2,3)15-9(14)13-7-4-5-8(11)12-6-7;1-8(2,3)11(4,5)10-7-6-9;8-7-3-5(9)6(4-11-7)10-1-2-12;1-5-6(2,3)4;6-5-1-3(7)4(8)2-9-5;6-5-2-1-4(7)3-8-5;;;;;;/h6-8,17H,4-5H2,1-3H3;8-9,15,17H,6-7H2,1-3H3;6-8,17H,4-5H2,1-3H3,(H2,14,15);4-5H,1-3H3,(H,14,15);4-6H,1-3H3,(H,13,14);6H,7H2,1-5H3;3-4,10,12H,1-2H2;1H,2-4H3;1-2H,8H2;1-3H,7H2;6*1H4. The van der Waals surface area contributed by atoms with Gasteiger partial charge in [-0.2, -0.15) is 0 Å². The third-order valence-corrected chi connectivity index (χ3v) is 24.7. The maximum atomic E-state index is 11.5. The van der Waals surface area contributed by atoms with E-state index in [9.17, 15) is 24.6 Å². The number of nitrogens with zero attached hydrogens (tertiary/aromatic N) is 10. The van der Waals surface area contributed by atoms with E-state index in [2.05, 4.69) is 243 Å². The molecule has 0 saturated carbocycles. The van der Waals surface area contributed by atoms with E-state index in [0.29, 0.717) is 90.8 Å². The van der Waals surface area contributed by atoms with Gasteiger partial charge in [0, 0.05) is 80.7 Å². The summed E-state index contributed by atoms with van der Waals surface area (Å²) >= 11 is 46.0.